The summed E-state index contributed by atoms with van der Waals surface area (Å²) in [4.78, 5) is 13.4. The van der Waals surface area contributed by atoms with Gasteiger partial charge >= 0.3 is 0 Å². The molecule has 84 valence electrons. The molecular formula is C12H19NO2. The molecule has 0 aromatic heterocycles. The van der Waals surface area contributed by atoms with Gasteiger partial charge in [0, 0.05) is 19.6 Å². The van der Waals surface area contributed by atoms with Crippen LogP contribution >= 0.6 is 0 Å². The number of nitrogens with zero attached hydrogens (tertiary/aromatic N) is 1. The number of aliphatic hydroxyl groups is 1. The smallest absolute Gasteiger partial charge is 0.223 e. The van der Waals surface area contributed by atoms with Crippen molar-refractivity contribution >= 4 is 5.91 Å². The van der Waals surface area contributed by atoms with E-state index >= 15 is 0 Å². The quantitative estimate of drug-likeness (QED) is 0.697. The Balaban J connectivity index is 2.51. The van der Waals surface area contributed by atoms with Crippen LogP contribution in [-0.4, -0.2) is 35.1 Å². The van der Waals surface area contributed by atoms with Crippen molar-refractivity contribution < 1.29 is 9.90 Å². The van der Waals surface area contributed by atoms with Crippen molar-refractivity contribution in [2.45, 2.75) is 32.2 Å². The lowest BCUT2D eigenvalue weighted by atomic mass is 10.2. The second kappa shape index (κ2) is 6.40. The first-order valence-electron chi connectivity index (χ1n) is 5.49. The van der Waals surface area contributed by atoms with Crippen LogP contribution in [0.25, 0.3) is 0 Å². The van der Waals surface area contributed by atoms with Crippen LogP contribution in [0.4, 0.5) is 0 Å². The van der Waals surface area contributed by atoms with Gasteiger partial charge in [0.1, 0.15) is 0 Å². The highest BCUT2D eigenvalue weighted by atomic mass is 16.3. The molecule has 3 heteroatoms. The summed E-state index contributed by atoms with van der Waals surface area (Å²) in [7, 11) is 0. The molecule has 0 aromatic carbocycles. The zero-order chi connectivity index (χ0) is 11.1. The number of carbonyl (C=O) groups is 1. The van der Waals surface area contributed by atoms with E-state index in [2.05, 4.69) is 6.08 Å². The topological polar surface area (TPSA) is 40.5 Å². The van der Waals surface area contributed by atoms with Crippen LogP contribution in [0.1, 0.15) is 26.2 Å². The molecule has 0 aliphatic carbocycles. The summed E-state index contributed by atoms with van der Waals surface area (Å²) in [6.07, 6.45) is 10.2. The number of likely N-dealkylation sites (tertiary alicyclic amines) is 1. The molecule has 3 nitrogen and oxygen atoms in total. The number of amides is 1. The summed E-state index contributed by atoms with van der Waals surface area (Å²) in [6, 6.07) is 0.222. The Bertz CT molecular complexity index is 258. The molecule has 0 unspecified atom stereocenters. The minimum Gasteiger partial charge on any atom is -0.396 e. The lowest BCUT2D eigenvalue weighted by Crippen LogP contribution is -2.33. The summed E-state index contributed by atoms with van der Waals surface area (Å²) in [5, 5.41) is 8.75. The molecule has 0 aromatic rings. The van der Waals surface area contributed by atoms with Gasteiger partial charge in [0.2, 0.25) is 5.91 Å². The maximum absolute atomic E-state index is 11.5. The summed E-state index contributed by atoms with van der Waals surface area (Å²) >= 11 is 0. The highest BCUT2D eigenvalue weighted by Crippen LogP contribution is 2.19. The maximum Gasteiger partial charge on any atom is 0.223 e. The Kier molecular flexibility index (Phi) is 5.12. The minimum atomic E-state index is 0.148. The fourth-order valence-corrected chi connectivity index (χ4v) is 1.79. The van der Waals surface area contributed by atoms with Crippen molar-refractivity contribution in [3.63, 3.8) is 0 Å². The summed E-state index contributed by atoms with van der Waals surface area (Å²) in [5.74, 6) is 0.207. The number of hydrogen-bond donors (Lipinski definition) is 1. The lowest BCUT2D eigenvalue weighted by molar-refractivity contribution is -0.128. The van der Waals surface area contributed by atoms with Crippen LogP contribution in [0, 0.1) is 0 Å². The normalized spacial score (nSPS) is 22.4. The second-order valence-electron chi connectivity index (χ2n) is 3.68. The van der Waals surface area contributed by atoms with Gasteiger partial charge in [0.25, 0.3) is 0 Å². The molecule has 0 saturated carbocycles. The second-order valence-corrected chi connectivity index (χ2v) is 3.68. The average Bonchev–Trinajstić information content (AvgIpc) is 2.58. The van der Waals surface area contributed by atoms with Crippen molar-refractivity contribution in [1.82, 2.24) is 4.90 Å². The Labute approximate surface area is 91.1 Å². The first kappa shape index (κ1) is 12.0. The van der Waals surface area contributed by atoms with E-state index in [1.165, 1.54) is 0 Å². The van der Waals surface area contributed by atoms with Crippen LogP contribution < -0.4 is 0 Å². The number of rotatable bonds is 5. The van der Waals surface area contributed by atoms with Crippen LogP contribution in [0.15, 0.2) is 24.3 Å². The van der Waals surface area contributed by atoms with Gasteiger partial charge in [-0.05, 0) is 19.8 Å². The van der Waals surface area contributed by atoms with E-state index in [9.17, 15) is 4.79 Å². The van der Waals surface area contributed by atoms with Gasteiger partial charge in [-0.3, -0.25) is 4.79 Å². The van der Waals surface area contributed by atoms with Gasteiger partial charge in [-0.1, -0.05) is 24.3 Å². The molecule has 1 aliphatic rings. The fraction of sp³-hybridized carbons (Fsp3) is 0.583. The van der Waals surface area contributed by atoms with Crippen LogP contribution in [-0.2, 0) is 4.79 Å². The summed E-state index contributed by atoms with van der Waals surface area (Å²) in [6.45, 7) is 2.78. The first-order chi connectivity index (χ1) is 7.29. The van der Waals surface area contributed by atoms with Crippen molar-refractivity contribution in [1.29, 1.82) is 0 Å². The molecule has 1 atom stereocenters. The van der Waals surface area contributed by atoms with E-state index in [-0.39, 0.29) is 18.6 Å². The average molecular weight is 209 g/mol. The monoisotopic (exact) mass is 209 g/mol. The lowest BCUT2D eigenvalue weighted by Gasteiger charge is -2.21. The van der Waals surface area contributed by atoms with Crippen molar-refractivity contribution in [2.24, 2.45) is 0 Å². The van der Waals surface area contributed by atoms with Crippen molar-refractivity contribution in [3.8, 4) is 0 Å². The molecule has 0 spiro atoms. The molecule has 0 bridgehead atoms. The first-order valence-corrected chi connectivity index (χ1v) is 5.49. The molecule has 1 heterocycles. The van der Waals surface area contributed by atoms with E-state index in [4.69, 9.17) is 5.11 Å². The standard InChI is InChI=1S/C12H19NO2/c1-2-3-4-6-11-7-8-12(15)13(11)9-5-10-14/h2-4,6,11,14H,5,7-10H2,1H3/b3-2+,6-4+/t11-/m1/s1. The highest BCUT2D eigenvalue weighted by Gasteiger charge is 2.27. The molecular weight excluding hydrogens is 190 g/mol. The molecule has 15 heavy (non-hydrogen) atoms. The zero-order valence-corrected chi connectivity index (χ0v) is 9.22. The third kappa shape index (κ3) is 3.51. The molecule has 1 N–H and O–H groups in total. The third-order valence-corrected chi connectivity index (χ3v) is 2.57. The Hall–Kier alpha value is -1.09. The predicted octanol–water partition coefficient (Wildman–Crippen LogP) is 1.49. The van der Waals surface area contributed by atoms with E-state index < -0.39 is 0 Å². The van der Waals surface area contributed by atoms with E-state index in [0.29, 0.717) is 19.4 Å². The Morgan fingerprint density at radius 3 is 3.00 bits per heavy atom. The van der Waals surface area contributed by atoms with Gasteiger partial charge in [-0.15, -0.1) is 0 Å². The largest absolute Gasteiger partial charge is 0.396 e. The van der Waals surface area contributed by atoms with Gasteiger partial charge in [-0.2, -0.15) is 0 Å². The summed E-state index contributed by atoms with van der Waals surface area (Å²) < 4.78 is 0. The van der Waals surface area contributed by atoms with Gasteiger partial charge in [0.15, 0.2) is 0 Å². The third-order valence-electron chi connectivity index (χ3n) is 2.57. The maximum atomic E-state index is 11.5. The highest BCUT2D eigenvalue weighted by molar-refractivity contribution is 5.79. The molecule has 1 fully saturated rings. The van der Waals surface area contributed by atoms with E-state index in [1.807, 2.05) is 30.1 Å². The number of carbonyl (C=O) groups excluding carboxylic acids is 1. The van der Waals surface area contributed by atoms with E-state index in [1.54, 1.807) is 0 Å². The molecule has 1 amide bonds. The molecule has 1 saturated heterocycles. The molecule has 0 radical (unpaired) electrons. The Morgan fingerprint density at radius 1 is 1.53 bits per heavy atom. The zero-order valence-electron chi connectivity index (χ0n) is 9.22. The van der Waals surface area contributed by atoms with Crippen molar-refractivity contribution in [3.05, 3.63) is 24.3 Å². The molecule has 1 aliphatic heterocycles. The minimum absolute atomic E-state index is 0.148. The Morgan fingerprint density at radius 2 is 2.33 bits per heavy atom. The number of allylic oxidation sites excluding steroid dienone is 3. The van der Waals surface area contributed by atoms with Crippen LogP contribution in [0.5, 0.6) is 0 Å². The summed E-state index contributed by atoms with van der Waals surface area (Å²) in [5.41, 5.74) is 0. The number of aliphatic hydroxyl groups excluding tert-OH is 1. The SMILES string of the molecule is C/C=C/C=C/[C@@H]1CCC(=O)N1CCCO. The van der Waals surface area contributed by atoms with Gasteiger partial charge in [-0.25, -0.2) is 0 Å². The van der Waals surface area contributed by atoms with E-state index in [0.717, 1.165) is 6.42 Å². The predicted molar refractivity (Wildman–Crippen MR) is 60.4 cm³/mol. The van der Waals surface area contributed by atoms with Crippen molar-refractivity contribution in [2.75, 3.05) is 13.2 Å². The number of hydrogen-bond acceptors (Lipinski definition) is 2. The molecule has 1 rings (SSSR count). The fourth-order valence-electron chi connectivity index (χ4n) is 1.79. The van der Waals surface area contributed by atoms with Gasteiger partial charge in [0.05, 0.1) is 6.04 Å². The van der Waals surface area contributed by atoms with Crippen LogP contribution in [0.2, 0.25) is 0 Å². The van der Waals surface area contributed by atoms with Crippen LogP contribution in [0.3, 0.4) is 0 Å². The van der Waals surface area contributed by atoms with Gasteiger partial charge < -0.3 is 10.0 Å².